The Labute approximate surface area is 164 Å². The van der Waals surface area contributed by atoms with Crippen molar-refractivity contribution in [1.82, 2.24) is 4.90 Å². The van der Waals surface area contributed by atoms with Crippen molar-refractivity contribution in [3.63, 3.8) is 0 Å². The maximum atomic E-state index is 12.8. The SMILES string of the molecule is CN(CC(=O)Nc1ccc(F)cc1)C(=O)COC(=O)c1cccc(OC(F)F)c1. The number of hydrogen-bond donors (Lipinski definition) is 1. The molecule has 0 unspecified atom stereocenters. The highest BCUT2D eigenvalue weighted by Gasteiger charge is 2.17. The van der Waals surface area contributed by atoms with Gasteiger partial charge in [-0.2, -0.15) is 8.78 Å². The zero-order chi connectivity index (χ0) is 21.4. The fourth-order valence-electron chi connectivity index (χ4n) is 2.16. The van der Waals surface area contributed by atoms with Gasteiger partial charge in [-0.05, 0) is 42.5 Å². The second-order valence-corrected chi connectivity index (χ2v) is 5.79. The summed E-state index contributed by atoms with van der Waals surface area (Å²) in [5, 5.41) is 2.48. The van der Waals surface area contributed by atoms with E-state index in [2.05, 4.69) is 10.1 Å². The van der Waals surface area contributed by atoms with Crippen LogP contribution in [0.3, 0.4) is 0 Å². The van der Waals surface area contributed by atoms with E-state index >= 15 is 0 Å². The monoisotopic (exact) mass is 410 g/mol. The first-order chi connectivity index (χ1) is 13.7. The summed E-state index contributed by atoms with van der Waals surface area (Å²) in [6, 6.07) is 10.00. The highest BCUT2D eigenvalue weighted by Crippen LogP contribution is 2.16. The zero-order valence-electron chi connectivity index (χ0n) is 15.2. The predicted molar refractivity (Wildman–Crippen MR) is 96.0 cm³/mol. The number of nitrogens with zero attached hydrogens (tertiary/aromatic N) is 1. The van der Waals surface area contributed by atoms with E-state index in [-0.39, 0.29) is 17.9 Å². The highest BCUT2D eigenvalue weighted by molar-refractivity contribution is 5.95. The molecule has 0 aliphatic rings. The Morgan fingerprint density at radius 3 is 2.45 bits per heavy atom. The van der Waals surface area contributed by atoms with Crippen molar-refractivity contribution >= 4 is 23.5 Å². The lowest BCUT2D eigenvalue weighted by Crippen LogP contribution is -2.37. The van der Waals surface area contributed by atoms with E-state index < -0.39 is 36.8 Å². The average molecular weight is 410 g/mol. The Kier molecular flexibility index (Phi) is 7.58. The smallest absolute Gasteiger partial charge is 0.387 e. The van der Waals surface area contributed by atoms with E-state index in [1.807, 2.05) is 0 Å². The molecular formula is C19H17F3N2O5. The van der Waals surface area contributed by atoms with Gasteiger partial charge in [0.05, 0.1) is 12.1 Å². The lowest BCUT2D eigenvalue weighted by Gasteiger charge is -2.17. The summed E-state index contributed by atoms with van der Waals surface area (Å²) in [6.07, 6.45) is 0. The molecule has 0 aliphatic carbocycles. The van der Waals surface area contributed by atoms with Crippen LogP contribution in [0.5, 0.6) is 5.75 Å². The Balaban J connectivity index is 1.82. The maximum Gasteiger partial charge on any atom is 0.387 e. The summed E-state index contributed by atoms with van der Waals surface area (Å²) >= 11 is 0. The molecule has 0 heterocycles. The molecule has 1 N–H and O–H groups in total. The van der Waals surface area contributed by atoms with Gasteiger partial charge in [0.1, 0.15) is 11.6 Å². The van der Waals surface area contributed by atoms with Crippen LogP contribution in [0.15, 0.2) is 48.5 Å². The number of anilines is 1. The van der Waals surface area contributed by atoms with Crippen LogP contribution in [0.2, 0.25) is 0 Å². The van der Waals surface area contributed by atoms with Gasteiger partial charge >= 0.3 is 12.6 Å². The van der Waals surface area contributed by atoms with E-state index in [1.54, 1.807) is 0 Å². The Morgan fingerprint density at radius 1 is 1.10 bits per heavy atom. The van der Waals surface area contributed by atoms with Gasteiger partial charge < -0.3 is 19.7 Å². The molecule has 7 nitrogen and oxygen atoms in total. The van der Waals surface area contributed by atoms with Crippen LogP contribution in [0.25, 0.3) is 0 Å². The molecule has 154 valence electrons. The van der Waals surface area contributed by atoms with E-state index in [0.29, 0.717) is 5.69 Å². The van der Waals surface area contributed by atoms with Crippen molar-refractivity contribution < 1.29 is 37.0 Å². The number of hydrogen-bond acceptors (Lipinski definition) is 5. The van der Waals surface area contributed by atoms with Gasteiger partial charge in [-0.25, -0.2) is 9.18 Å². The summed E-state index contributed by atoms with van der Waals surface area (Å²) in [5.74, 6) is -2.79. The van der Waals surface area contributed by atoms with Gasteiger partial charge in [-0.1, -0.05) is 6.07 Å². The zero-order valence-corrected chi connectivity index (χ0v) is 15.2. The topological polar surface area (TPSA) is 84.9 Å². The first kappa shape index (κ1) is 21.7. The summed E-state index contributed by atoms with van der Waals surface area (Å²) in [5.41, 5.74) is 0.280. The Hall–Kier alpha value is -3.56. The second-order valence-electron chi connectivity index (χ2n) is 5.79. The molecule has 29 heavy (non-hydrogen) atoms. The van der Waals surface area contributed by atoms with Crippen LogP contribution in [-0.4, -0.2) is 49.5 Å². The van der Waals surface area contributed by atoms with Crippen LogP contribution in [0.4, 0.5) is 18.9 Å². The fourth-order valence-corrected chi connectivity index (χ4v) is 2.16. The summed E-state index contributed by atoms with van der Waals surface area (Å²) in [7, 11) is 1.33. The number of amides is 2. The normalized spacial score (nSPS) is 10.4. The van der Waals surface area contributed by atoms with Crippen molar-refractivity contribution in [2.75, 3.05) is 25.5 Å². The third-order valence-corrected chi connectivity index (χ3v) is 3.56. The van der Waals surface area contributed by atoms with Gasteiger partial charge in [-0.15, -0.1) is 0 Å². The van der Waals surface area contributed by atoms with Crippen LogP contribution >= 0.6 is 0 Å². The third-order valence-electron chi connectivity index (χ3n) is 3.56. The summed E-state index contributed by atoms with van der Waals surface area (Å²) in [4.78, 5) is 36.9. The van der Waals surface area contributed by atoms with E-state index in [9.17, 15) is 27.6 Å². The molecule has 0 saturated carbocycles. The molecule has 10 heteroatoms. The Bertz CT molecular complexity index is 874. The molecule has 0 saturated heterocycles. The number of alkyl halides is 2. The molecule has 0 atom stereocenters. The number of carbonyl (C=O) groups is 3. The average Bonchev–Trinajstić information content (AvgIpc) is 2.67. The summed E-state index contributed by atoms with van der Waals surface area (Å²) < 4.78 is 46.3. The second kappa shape index (κ2) is 10.1. The number of nitrogens with one attached hydrogen (secondary N) is 1. The number of esters is 1. The van der Waals surface area contributed by atoms with Gasteiger partial charge in [0, 0.05) is 12.7 Å². The lowest BCUT2D eigenvalue weighted by atomic mass is 10.2. The number of likely N-dealkylation sites (N-methyl/N-ethyl adjacent to an activating group) is 1. The highest BCUT2D eigenvalue weighted by atomic mass is 19.3. The molecule has 2 aromatic rings. The van der Waals surface area contributed by atoms with Crippen molar-refractivity contribution in [3.05, 3.63) is 59.9 Å². The third kappa shape index (κ3) is 7.17. The lowest BCUT2D eigenvalue weighted by molar-refractivity contribution is -0.136. The van der Waals surface area contributed by atoms with Crippen molar-refractivity contribution in [1.29, 1.82) is 0 Å². The standard InChI is InChI=1S/C19H17F3N2O5/c1-24(10-16(25)23-14-7-5-13(20)6-8-14)17(26)11-28-18(27)12-3-2-4-15(9-12)29-19(21)22/h2-9,19H,10-11H2,1H3,(H,23,25). The first-order valence-corrected chi connectivity index (χ1v) is 8.26. The molecule has 0 aromatic heterocycles. The number of rotatable bonds is 8. The number of halogens is 3. The van der Waals surface area contributed by atoms with Crippen molar-refractivity contribution in [3.8, 4) is 5.75 Å². The van der Waals surface area contributed by atoms with E-state index in [1.165, 1.54) is 49.5 Å². The van der Waals surface area contributed by atoms with Gasteiger partial charge in [0.25, 0.3) is 5.91 Å². The molecule has 2 amide bonds. The molecule has 2 aromatic carbocycles. The fraction of sp³-hybridized carbons (Fsp3) is 0.211. The number of carbonyl (C=O) groups excluding carboxylic acids is 3. The first-order valence-electron chi connectivity index (χ1n) is 8.26. The van der Waals surface area contributed by atoms with Gasteiger partial charge in [-0.3, -0.25) is 9.59 Å². The minimum absolute atomic E-state index is 0.0762. The molecule has 0 radical (unpaired) electrons. The van der Waals surface area contributed by atoms with Crippen LogP contribution in [-0.2, 0) is 14.3 Å². The maximum absolute atomic E-state index is 12.8. The largest absolute Gasteiger partial charge is 0.452 e. The van der Waals surface area contributed by atoms with Crippen molar-refractivity contribution in [2.45, 2.75) is 6.61 Å². The number of benzene rings is 2. The molecule has 0 fully saturated rings. The molecule has 0 bridgehead atoms. The van der Waals surface area contributed by atoms with Crippen molar-refractivity contribution in [2.24, 2.45) is 0 Å². The minimum atomic E-state index is -3.04. The molecule has 0 spiro atoms. The summed E-state index contributed by atoms with van der Waals surface area (Å²) in [6.45, 7) is -4.03. The van der Waals surface area contributed by atoms with E-state index in [0.717, 1.165) is 11.0 Å². The Morgan fingerprint density at radius 2 is 1.79 bits per heavy atom. The molecule has 2 rings (SSSR count). The minimum Gasteiger partial charge on any atom is -0.452 e. The van der Waals surface area contributed by atoms with Gasteiger partial charge in [0.15, 0.2) is 6.61 Å². The van der Waals surface area contributed by atoms with E-state index in [4.69, 9.17) is 4.74 Å². The quantitative estimate of drug-likeness (QED) is 0.677. The van der Waals surface area contributed by atoms with Crippen LogP contribution in [0, 0.1) is 5.82 Å². The predicted octanol–water partition coefficient (Wildman–Crippen LogP) is 2.68. The van der Waals surface area contributed by atoms with Crippen LogP contribution < -0.4 is 10.1 Å². The number of ether oxygens (including phenoxy) is 2. The molecule has 0 aliphatic heterocycles. The van der Waals surface area contributed by atoms with Gasteiger partial charge in [0.2, 0.25) is 5.91 Å². The van der Waals surface area contributed by atoms with Crippen LogP contribution in [0.1, 0.15) is 10.4 Å². The molecular weight excluding hydrogens is 393 g/mol.